The van der Waals surface area contributed by atoms with Gasteiger partial charge in [0.25, 0.3) is 11.1 Å². The maximum Gasteiger partial charge on any atom is 0.298 e. The van der Waals surface area contributed by atoms with Crippen molar-refractivity contribution in [1.29, 1.82) is 0 Å². The molecule has 24 heavy (non-hydrogen) atoms. The van der Waals surface area contributed by atoms with Crippen LogP contribution in [-0.2, 0) is 4.79 Å². The molecule has 1 heterocycles. The van der Waals surface area contributed by atoms with Gasteiger partial charge in [-0.25, -0.2) is 4.90 Å². The Kier molecular flexibility index (Phi) is 5.01. The molecule has 5 heteroatoms. The molecule has 2 aromatic carbocycles. The third-order valence-electron chi connectivity index (χ3n) is 3.46. The molecule has 0 radical (unpaired) electrons. The van der Waals surface area contributed by atoms with Gasteiger partial charge in [-0.15, -0.1) is 0 Å². The number of para-hydroxylation sites is 1. The van der Waals surface area contributed by atoms with Crippen molar-refractivity contribution in [3.05, 3.63) is 65.1 Å². The Labute approximate surface area is 145 Å². The predicted octanol–water partition coefficient (Wildman–Crippen LogP) is 4.72. The second kappa shape index (κ2) is 7.36. The van der Waals surface area contributed by atoms with E-state index in [-0.39, 0.29) is 11.1 Å². The van der Waals surface area contributed by atoms with Crippen LogP contribution < -0.4 is 9.64 Å². The zero-order valence-electron chi connectivity index (χ0n) is 13.3. The zero-order valence-corrected chi connectivity index (χ0v) is 14.1. The monoisotopic (exact) mass is 339 g/mol. The van der Waals surface area contributed by atoms with E-state index in [0.717, 1.165) is 29.5 Å². The number of amides is 2. The van der Waals surface area contributed by atoms with Crippen LogP contribution in [0.15, 0.2) is 59.5 Å². The first kappa shape index (κ1) is 16.3. The van der Waals surface area contributed by atoms with E-state index in [0.29, 0.717) is 17.2 Å². The summed E-state index contributed by atoms with van der Waals surface area (Å²) >= 11 is 0.957. The van der Waals surface area contributed by atoms with Crippen LogP contribution in [0, 0.1) is 0 Å². The van der Waals surface area contributed by atoms with Gasteiger partial charge in [0.2, 0.25) is 0 Å². The lowest BCUT2D eigenvalue weighted by atomic mass is 10.2. The van der Waals surface area contributed by atoms with Gasteiger partial charge in [-0.3, -0.25) is 9.59 Å². The molecule has 0 N–H and O–H groups in total. The summed E-state index contributed by atoms with van der Waals surface area (Å²) in [6.45, 7) is 2.73. The fourth-order valence-corrected chi connectivity index (χ4v) is 3.14. The van der Waals surface area contributed by atoms with Gasteiger partial charge in [-0.1, -0.05) is 37.3 Å². The highest BCUT2D eigenvalue weighted by Gasteiger charge is 2.36. The number of imide groups is 1. The van der Waals surface area contributed by atoms with E-state index >= 15 is 0 Å². The Morgan fingerprint density at radius 2 is 1.75 bits per heavy atom. The Balaban J connectivity index is 1.79. The van der Waals surface area contributed by atoms with Crippen LogP contribution in [0.25, 0.3) is 6.08 Å². The molecule has 0 spiro atoms. The first-order chi connectivity index (χ1) is 11.7. The van der Waals surface area contributed by atoms with Crippen LogP contribution in [0.4, 0.5) is 10.5 Å². The van der Waals surface area contributed by atoms with E-state index in [4.69, 9.17) is 4.74 Å². The van der Waals surface area contributed by atoms with Crippen LogP contribution in [0.1, 0.15) is 18.9 Å². The van der Waals surface area contributed by atoms with Crippen LogP contribution in [0.3, 0.4) is 0 Å². The molecule has 1 aliphatic rings. The van der Waals surface area contributed by atoms with Gasteiger partial charge in [0.05, 0.1) is 17.2 Å². The lowest BCUT2D eigenvalue weighted by Crippen LogP contribution is -2.27. The maximum atomic E-state index is 12.5. The summed E-state index contributed by atoms with van der Waals surface area (Å²) in [5.41, 5.74) is 1.45. The number of hydrogen-bond acceptors (Lipinski definition) is 4. The molecular weight excluding hydrogens is 322 g/mol. The van der Waals surface area contributed by atoms with Crippen LogP contribution in [0.2, 0.25) is 0 Å². The summed E-state index contributed by atoms with van der Waals surface area (Å²) in [5.74, 6) is 0.508. The van der Waals surface area contributed by atoms with E-state index in [2.05, 4.69) is 6.92 Å². The van der Waals surface area contributed by atoms with E-state index in [1.807, 2.05) is 30.3 Å². The van der Waals surface area contributed by atoms with Crippen LogP contribution >= 0.6 is 11.8 Å². The summed E-state index contributed by atoms with van der Waals surface area (Å²) in [7, 11) is 0. The van der Waals surface area contributed by atoms with Crippen molar-refractivity contribution in [3.8, 4) is 5.75 Å². The Morgan fingerprint density at radius 3 is 2.42 bits per heavy atom. The highest BCUT2D eigenvalue weighted by Crippen LogP contribution is 2.35. The molecule has 0 unspecified atom stereocenters. The third kappa shape index (κ3) is 3.51. The molecule has 0 atom stereocenters. The lowest BCUT2D eigenvalue weighted by molar-refractivity contribution is -0.113. The summed E-state index contributed by atoms with van der Waals surface area (Å²) in [4.78, 5) is 26.3. The number of benzene rings is 2. The summed E-state index contributed by atoms with van der Waals surface area (Å²) in [5, 5.41) is -0.277. The molecule has 122 valence electrons. The number of rotatable bonds is 5. The molecule has 0 aromatic heterocycles. The fraction of sp³-hybridized carbons (Fsp3) is 0.158. The molecular formula is C19H17NO3S. The van der Waals surface area contributed by atoms with Crippen molar-refractivity contribution >= 4 is 34.7 Å². The molecule has 0 bridgehead atoms. The first-order valence-electron chi connectivity index (χ1n) is 7.75. The van der Waals surface area contributed by atoms with Crippen LogP contribution in [-0.4, -0.2) is 17.8 Å². The van der Waals surface area contributed by atoms with E-state index in [9.17, 15) is 9.59 Å². The van der Waals surface area contributed by atoms with Gasteiger partial charge < -0.3 is 4.74 Å². The van der Waals surface area contributed by atoms with Crippen molar-refractivity contribution in [2.45, 2.75) is 13.3 Å². The fourth-order valence-electron chi connectivity index (χ4n) is 2.30. The largest absolute Gasteiger partial charge is 0.494 e. The van der Waals surface area contributed by atoms with Crippen molar-refractivity contribution in [2.75, 3.05) is 11.5 Å². The number of anilines is 1. The van der Waals surface area contributed by atoms with Gasteiger partial charge in [0, 0.05) is 0 Å². The predicted molar refractivity (Wildman–Crippen MR) is 97.1 cm³/mol. The molecule has 1 fully saturated rings. The number of carbonyl (C=O) groups excluding carboxylic acids is 2. The summed E-state index contributed by atoms with van der Waals surface area (Å²) in [6, 6.07) is 16.4. The Bertz CT molecular complexity index is 769. The van der Waals surface area contributed by atoms with Gasteiger partial charge in [-0.2, -0.15) is 0 Å². The minimum atomic E-state index is -0.289. The summed E-state index contributed by atoms with van der Waals surface area (Å²) < 4.78 is 5.54. The third-order valence-corrected chi connectivity index (χ3v) is 4.33. The number of hydrogen-bond donors (Lipinski definition) is 0. The second-order valence-electron chi connectivity index (χ2n) is 5.27. The van der Waals surface area contributed by atoms with Gasteiger partial charge >= 0.3 is 0 Å². The SMILES string of the molecule is CCCOc1ccc(/C=C2/SC(=O)N(c3ccccc3)C2=O)cc1. The zero-order chi connectivity index (χ0) is 16.9. The molecule has 1 aliphatic heterocycles. The standard InChI is InChI=1S/C19H17NO3S/c1-2-12-23-16-10-8-14(9-11-16)13-17-18(21)20(19(22)24-17)15-6-4-3-5-7-15/h3-11,13H,2,12H2,1H3/b17-13+. The second-order valence-corrected chi connectivity index (χ2v) is 6.26. The highest BCUT2D eigenvalue weighted by molar-refractivity contribution is 8.19. The molecule has 2 amide bonds. The quantitative estimate of drug-likeness (QED) is 0.740. The molecule has 0 saturated carbocycles. The molecule has 0 aliphatic carbocycles. The number of carbonyl (C=O) groups is 2. The van der Waals surface area contributed by atoms with E-state index < -0.39 is 0 Å². The van der Waals surface area contributed by atoms with Crippen molar-refractivity contribution in [1.82, 2.24) is 0 Å². The minimum Gasteiger partial charge on any atom is -0.494 e. The maximum absolute atomic E-state index is 12.5. The topological polar surface area (TPSA) is 46.6 Å². The summed E-state index contributed by atoms with van der Waals surface area (Å²) in [6.07, 6.45) is 2.69. The Hall–Kier alpha value is -2.53. The van der Waals surface area contributed by atoms with Crippen molar-refractivity contribution in [3.63, 3.8) is 0 Å². The average molecular weight is 339 g/mol. The number of ether oxygens (including phenoxy) is 1. The van der Waals surface area contributed by atoms with Crippen molar-refractivity contribution in [2.24, 2.45) is 0 Å². The van der Waals surface area contributed by atoms with E-state index in [1.165, 1.54) is 4.90 Å². The number of nitrogens with zero attached hydrogens (tertiary/aromatic N) is 1. The molecule has 1 saturated heterocycles. The molecule has 3 rings (SSSR count). The van der Waals surface area contributed by atoms with Gasteiger partial charge in [0.1, 0.15) is 5.75 Å². The Morgan fingerprint density at radius 1 is 1.04 bits per heavy atom. The van der Waals surface area contributed by atoms with Crippen LogP contribution in [0.5, 0.6) is 5.75 Å². The highest BCUT2D eigenvalue weighted by atomic mass is 32.2. The smallest absolute Gasteiger partial charge is 0.298 e. The normalized spacial score (nSPS) is 16.0. The van der Waals surface area contributed by atoms with E-state index in [1.54, 1.807) is 30.3 Å². The first-order valence-corrected chi connectivity index (χ1v) is 8.56. The van der Waals surface area contributed by atoms with Gasteiger partial charge in [0.15, 0.2) is 0 Å². The average Bonchev–Trinajstić information content (AvgIpc) is 2.88. The van der Waals surface area contributed by atoms with Gasteiger partial charge in [-0.05, 0) is 54.1 Å². The lowest BCUT2D eigenvalue weighted by Gasteiger charge is -2.11. The number of thioether (sulfide) groups is 1. The molecule has 2 aromatic rings. The minimum absolute atomic E-state index is 0.277. The molecule has 4 nitrogen and oxygen atoms in total. The van der Waals surface area contributed by atoms with Crippen molar-refractivity contribution < 1.29 is 14.3 Å².